The van der Waals surface area contributed by atoms with Crippen molar-refractivity contribution in [1.82, 2.24) is 10.7 Å². The predicted molar refractivity (Wildman–Crippen MR) is 117 cm³/mol. The summed E-state index contributed by atoms with van der Waals surface area (Å²) in [5, 5.41) is 6.60. The molecule has 2 aromatic rings. The lowest BCUT2D eigenvalue weighted by molar-refractivity contribution is -0.129. The first-order chi connectivity index (χ1) is 15.0. The highest BCUT2D eigenvalue weighted by Crippen LogP contribution is 2.36. The summed E-state index contributed by atoms with van der Waals surface area (Å²) in [6, 6.07) is 9.05. The number of hydrogen-bond acceptors (Lipinski definition) is 7. The number of hydrazone groups is 1. The molecule has 0 atom stereocenters. The maximum Gasteiger partial charge on any atom is 0.249 e. The average Bonchev–Trinajstić information content (AvgIpc) is 3.20. The zero-order valence-electron chi connectivity index (χ0n) is 17.1. The lowest BCUT2D eigenvalue weighted by Gasteiger charge is -2.10. The van der Waals surface area contributed by atoms with E-state index in [2.05, 4.69) is 31.8 Å². The Kier molecular flexibility index (Phi) is 7.71. The van der Waals surface area contributed by atoms with Crippen molar-refractivity contribution in [2.75, 3.05) is 27.6 Å². The Morgan fingerprint density at radius 3 is 2.58 bits per heavy atom. The highest BCUT2D eigenvalue weighted by atomic mass is 79.9. The number of benzene rings is 2. The highest BCUT2D eigenvalue weighted by Gasteiger charge is 2.15. The van der Waals surface area contributed by atoms with Crippen molar-refractivity contribution in [3.8, 4) is 23.0 Å². The standard InChI is InChI=1S/C21H22BrN3O6/c1-28-16-4-3-13(7-17(16)29-2)5-6-23-20(26)10-21(27)25-24-11-14-8-18-19(9-15(14)22)31-12-30-18/h3-4,7-9,11H,5-6,10,12H2,1-2H3,(H,23,26)(H,25,27). The molecule has 0 fully saturated rings. The fourth-order valence-electron chi connectivity index (χ4n) is 2.84. The molecule has 10 heteroatoms. The van der Waals surface area contributed by atoms with Crippen LogP contribution in [0.2, 0.25) is 0 Å². The lowest BCUT2D eigenvalue weighted by atomic mass is 10.1. The van der Waals surface area contributed by atoms with Gasteiger partial charge in [0.2, 0.25) is 18.6 Å². The third kappa shape index (κ3) is 6.11. The molecule has 1 aliphatic rings. The Morgan fingerprint density at radius 2 is 1.84 bits per heavy atom. The van der Waals surface area contributed by atoms with Gasteiger partial charge >= 0.3 is 0 Å². The fourth-order valence-corrected chi connectivity index (χ4v) is 3.26. The first-order valence-corrected chi connectivity index (χ1v) is 10.2. The maximum absolute atomic E-state index is 12.0. The average molecular weight is 492 g/mol. The summed E-state index contributed by atoms with van der Waals surface area (Å²) in [5.41, 5.74) is 4.01. The molecule has 0 aliphatic carbocycles. The van der Waals surface area contributed by atoms with Gasteiger partial charge in [-0.15, -0.1) is 0 Å². The van der Waals surface area contributed by atoms with Crippen LogP contribution in [-0.4, -0.2) is 45.6 Å². The molecule has 1 heterocycles. The summed E-state index contributed by atoms with van der Waals surface area (Å²) in [6.07, 6.45) is 1.72. The number of amides is 2. The number of rotatable bonds is 9. The number of carbonyl (C=O) groups excluding carboxylic acids is 2. The molecule has 2 aromatic carbocycles. The SMILES string of the molecule is COc1ccc(CCNC(=O)CC(=O)NN=Cc2cc3c(cc2Br)OCO3)cc1OC. The summed E-state index contributed by atoms with van der Waals surface area (Å²) >= 11 is 3.40. The topological polar surface area (TPSA) is 107 Å². The van der Waals surface area contributed by atoms with Gasteiger partial charge in [0.15, 0.2) is 23.0 Å². The van der Waals surface area contributed by atoms with E-state index in [1.165, 1.54) is 6.21 Å². The van der Waals surface area contributed by atoms with E-state index in [0.717, 1.165) is 10.0 Å². The number of carbonyl (C=O) groups is 2. The molecular formula is C21H22BrN3O6. The minimum Gasteiger partial charge on any atom is -0.493 e. The minimum absolute atomic E-state index is 0.167. The maximum atomic E-state index is 12.0. The smallest absolute Gasteiger partial charge is 0.249 e. The second-order valence-corrected chi connectivity index (χ2v) is 7.34. The molecule has 2 amide bonds. The molecule has 0 saturated heterocycles. The van der Waals surface area contributed by atoms with Crippen LogP contribution in [0.1, 0.15) is 17.5 Å². The zero-order valence-corrected chi connectivity index (χ0v) is 18.7. The summed E-state index contributed by atoms with van der Waals surface area (Å²) in [4.78, 5) is 23.9. The largest absolute Gasteiger partial charge is 0.493 e. The van der Waals surface area contributed by atoms with Crippen LogP contribution in [0, 0.1) is 0 Å². The summed E-state index contributed by atoms with van der Waals surface area (Å²) in [6.45, 7) is 0.551. The first kappa shape index (κ1) is 22.4. The van der Waals surface area contributed by atoms with E-state index >= 15 is 0 Å². The van der Waals surface area contributed by atoms with E-state index in [0.29, 0.717) is 41.5 Å². The molecule has 164 valence electrons. The molecular weight excluding hydrogens is 470 g/mol. The van der Waals surface area contributed by atoms with Crippen molar-refractivity contribution in [1.29, 1.82) is 0 Å². The van der Waals surface area contributed by atoms with Crippen molar-refractivity contribution >= 4 is 34.0 Å². The van der Waals surface area contributed by atoms with Gasteiger partial charge in [0, 0.05) is 16.6 Å². The van der Waals surface area contributed by atoms with E-state index in [9.17, 15) is 9.59 Å². The van der Waals surface area contributed by atoms with Crippen molar-refractivity contribution in [3.63, 3.8) is 0 Å². The van der Waals surface area contributed by atoms with Crippen molar-refractivity contribution in [2.24, 2.45) is 5.10 Å². The quantitative estimate of drug-likeness (QED) is 0.316. The van der Waals surface area contributed by atoms with Crippen LogP contribution in [0.3, 0.4) is 0 Å². The highest BCUT2D eigenvalue weighted by molar-refractivity contribution is 9.10. The number of fused-ring (bicyclic) bond motifs is 1. The number of halogens is 1. The van der Waals surface area contributed by atoms with Gasteiger partial charge < -0.3 is 24.3 Å². The summed E-state index contributed by atoms with van der Waals surface area (Å²) in [5.74, 6) is 1.59. The summed E-state index contributed by atoms with van der Waals surface area (Å²) in [7, 11) is 3.14. The van der Waals surface area contributed by atoms with Crippen LogP contribution < -0.4 is 29.7 Å². The van der Waals surface area contributed by atoms with Crippen LogP contribution in [-0.2, 0) is 16.0 Å². The zero-order chi connectivity index (χ0) is 22.2. The second-order valence-electron chi connectivity index (χ2n) is 6.49. The van der Waals surface area contributed by atoms with Crippen molar-refractivity contribution in [2.45, 2.75) is 12.8 Å². The second kappa shape index (κ2) is 10.7. The molecule has 0 radical (unpaired) electrons. The van der Waals surface area contributed by atoms with Gasteiger partial charge in [-0.05, 0) is 52.2 Å². The van der Waals surface area contributed by atoms with Gasteiger partial charge in [0.05, 0.1) is 20.4 Å². The van der Waals surface area contributed by atoms with Gasteiger partial charge in [-0.2, -0.15) is 5.10 Å². The van der Waals surface area contributed by atoms with Crippen molar-refractivity contribution < 1.29 is 28.5 Å². The van der Waals surface area contributed by atoms with E-state index in [1.54, 1.807) is 32.4 Å². The Balaban J connectivity index is 1.42. The van der Waals surface area contributed by atoms with Crippen LogP contribution in [0.4, 0.5) is 0 Å². The molecule has 0 unspecified atom stereocenters. The van der Waals surface area contributed by atoms with Crippen LogP contribution in [0.15, 0.2) is 39.9 Å². The molecule has 9 nitrogen and oxygen atoms in total. The van der Waals surface area contributed by atoms with Crippen LogP contribution >= 0.6 is 15.9 Å². The van der Waals surface area contributed by atoms with Gasteiger partial charge in [0.1, 0.15) is 6.42 Å². The lowest BCUT2D eigenvalue weighted by Crippen LogP contribution is -2.31. The van der Waals surface area contributed by atoms with E-state index in [4.69, 9.17) is 18.9 Å². The molecule has 1 aliphatic heterocycles. The summed E-state index contributed by atoms with van der Waals surface area (Å²) < 4.78 is 21.8. The number of nitrogens with zero attached hydrogens (tertiary/aromatic N) is 1. The Labute approximate surface area is 187 Å². The minimum atomic E-state index is -0.517. The monoisotopic (exact) mass is 491 g/mol. The number of ether oxygens (including phenoxy) is 4. The number of methoxy groups -OCH3 is 2. The number of nitrogens with one attached hydrogen (secondary N) is 2. The molecule has 0 saturated carbocycles. The predicted octanol–water partition coefficient (Wildman–Crippen LogP) is 2.39. The van der Waals surface area contributed by atoms with Gasteiger partial charge in [0.25, 0.3) is 0 Å². The first-order valence-electron chi connectivity index (χ1n) is 9.39. The van der Waals surface area contributed by atoms with E-state index < -0.39 is 11.8 Å². The molecule has 0 aromatic heterocycles. The third-order valence-corrected chi connectivity index (χ3v) is 5.08. The van der Waals surface area contributed by atoms with E-state index in [1.807, 2.05) is 12.1 Å². The number of hydrogen-bond donors (Lipinski definition) is 2. The Hall–Kier alpha value is -3.27. The normalized spacial score (nSPS) is 12.0. The van der Waals surface area contributed by atoms with Crippen LogP contribution in [0.25, 0.3) is 0 Å². The van der Waals surface area contributed by atoms with Gasteiger partial charge in [-0.3, -0.25) is 9.59 Å². The Morgan fingerprint density at radius 1 is 1.10 bits per heavy atom. The molecule has 0 spiro atoms. The van der Waals surface area contributed by atoms with Crippen molar-refractivity contribution in [3.05, 3.63) is 45.9 Å². The van der Waals surface area contributed by atoms with Gasteiger partial charge in [-0.1, -0.05) is 6.07 Å². The molecule has 2 N–H and O–H groups in total. The molecule has 3 rings (SSSR count). The van der Waals surface area contributed by atoms with Crippen LogP contribution in [0.5, 0.6) is 23.0 Å². The van der Waals surface area contributed by atoms with E-state index in [-0.39, 0.29) is 13.2 Å². The molecule has 31 heavy (non-hydrogen) atoms. The van der Waals surface area contributed by atoms with Gasteiger partial charge in [-0.25, -0.2) is 5.43 Å². The third-order valence-electron chi connectivity index (χ3n) is 4.39. The molecule has 0 bridgehead atoms. The fraction of sp³-hybridized carbons (Fsp3) is 0.286. The Bertz CT molecular complexity index is 995.